The number of methoxy groups -OCH3 is 1. The van der Waals surface area contributed by atoms with Crippen LogP contribution in [0.15, 0.2) is 36.4 Å². The third-order valence-electron chi connectivity index (χ3n) is 2.89. The van der Waals surface area contributed by atoms with Crippen molar-refractivity contribution in [3.63, 3.8) is 0 Å². The van der Waals surface area contributed by atoms with Crippen LogP contribution >= 0.6 is 11.6 Å². The first-order chi connectivity index (χ1) is 9.71. The lowest BCUT2D eigenvalue weighted by Gasteiger charge is -2.17. The van der Waals surface area contributed by atoms with Crippen molar-refractivity contribution in [2.45, 2.75) is 19.4 Å². The number of nitrogens with zero attached hydrogens (tertiary/aromatic N) is 2. The molecule has 1 heterocycles. The SMILES string of the molecule is COc1cc(NC(CCl)Cc2ccccc2)nc(C)n1. The molecule has 20 heavy (non-hydrogen) atoms. The molecule has 1 aromatic heterocycles. The van der Waals surface area contributed by atoms with Gasteiger partial charge in [-0.2, -0.15) is 4.98 Å². The molecule has 5 heteroatoms. The predicted octanol–water partition coefficient (Wildman–Crippen LogP) is 3.06. The molecule has 1 unspecified atom stereocenters. The Balaban J connectivity index is 2.08. The number of benzene rings is 1. The van der Waals surface area contributed by atoms with Crippen LogP contribution in [-0.2, 0) is 6.42 Å². The molecule has 4 nitrogen and oxygen atoms in total. The second-order valence-corrected chi connectivity index (χ2v) is 4.84. The van der Waals surface area contributed by atoms with Crippen molar-refractivity contribution in [2.24, 2.45) is 0 Å². The van der Waals surface area contributed by atoms with Crippen molar-refractivity contribution < 1.29 is 4.74 Å². The first-order valence-electron chi connectivity index (χ1n) is 6.47. The molecule has 2 rings (SSSR count). The van der Waals surface area contributed by atoms with Crippen LogP contribution in [-0.4, -0.2) is 29.0 Å². The normalized spacial score (nSPS) is 11.9. The summed E-state index contributed by atoms with van der Waals surface area (Å²) in [5, 5.41) is 3.33. The highest BCUT2D eigenvalue weighted by molar-refractivity contribution is 6.18. The van der Waals surface area contributed by atoms with Gasteiger partial charge in [-0.05, 0) is 18.9 Å². The van der Waals surface area contributed by atoms with Crippen LogP contribution in [0.3, 0.4) is 0 Å². The van der Waals surface area contributed by atoms with Gasteiger partial charge in [-0.1, -0.05) is 30.3 Å². The van der Waals surface area contributed by atoms with E-state index >= 15 is 0 Å². The number of aromatic nitrogens is 2. The van der Waals surface area contributed by atoms with Crippen LogP contribution < -0.4 is 10.1 Å². The minimum absolute atomic E-state index is 0.109. The fraction of sp³-hybridized carbons (Fsp3) is 0.333. The van der Waals surface area contributed by atoms with E-state index in [1.165, 1.54) is 5.56 Å². The number of halogens is 1. The Morgan fingerprint density at radius 1 is 1.25 bits per heavy atom. The van der Waals surface area contributed by atoms with Gasteiger partial charge in [0.1, 0.15) is 11.6 Å². The van der Waals surface area contributed by atoms with Gasteiger partial charge in [0.15, 0.2) is 0 Å². The van der Waals surface area contributed by atoms with Crippen molar-refractivity contribution in [1.82, 2.24) is 9.97 Å². The van der Waals surface area contributed by atoms with Crippen LogP contribution in [0.4, 0.5) is 5.82 Å². The van der Waals surface area contributed by atoms with E-state index in [0.717, 1.165) is 12.2 Å². The largest absolute Gasteiger partial charge is 0.481 e. The Morgan fingerprint density at radius 2 is 2.00 bits per heavy atom. The van der Waals surface area contributed by atoms with Crippen molar-refractivity contribution in [3.05, 3.63) is 47.8 Å². The molecular formula is C15H18ClN3O. The van der Waals surface area contributed by atoms with Crippen molar-refractivity contribution >= 4 is 17.4 Å². The maximum Gasteiger partial charge on any atom is 0.218 e. The van der Waals surface area contributed by atoms with E-state index < -0.39 is 0 Å². The number of hydrogen-bond acceptors (Lipinski definition) is 4. The average Bonchev–Trinajstić information content (AvgIpc) is 2.47. The number of rotatable bonds is 6. The number of ether oxygens (including phenoxy) is 1. The van der Waals surface area contributed by atoms with E-state index in [1.54, 1.807) is 13.2 Å². The first-order valence-corrected chi connectivity index (χ1v) is 7.01. The highest BCUT2D eigenvalue weighted by atomic mass is 35.5. The number of nitrogens with one attached hydrogen (secondary N) is 1. The van der Waals surface area contributed by atoms with Crippen molar-refractivity contribution in [2.75, 3.05) is 18.3 Å². The molecular weight excluding hydrogens is 274 g/mol. The lowest BCUT2D eigenvalue weighted by Crippen LogP contribution is -2.25. The number of hydrogen-bond donors (Lipinski definition) is 1. The van der Waals surface area contributed by atoms with Gasteiger partial charge in [-0.25, -0.2) is 4.98 Å². The standard InChI is InChI=1S/C15H18ClN3O/c1-11-17-14(9-15(18-11)20-2)19-13(10-16)8-12-6-4-3-5-7-12/h3-7,9,13H,8,10H2,1-2H3,(H,17,18,19). The summed E-state index contributed by atoms with van der Waals surface area (Å²) >= 11 is 6.04. The van der Waals surface area contributed by atoms with Gasteiger partial charge < -0.3 is 10.1 Å². The van der Waals surface area contributed by atoms with Crippen LogP contribution in [0.25, 0.3) is 0 Å². The maximum atomic E-state index is 6.04. The molecule has 0 saturated heterocycles. The van der Waals surface area contributed by atoms with E-state index in [9.17, 15) is 0 Å². The molecule has 0 amide bonds. The second-order valence-electron chi connectivity index (χ2n) is 4.53. The maximum absolute atomic E-state index is 6.04. The lowest BCUT2D eigenvalue weighted by molar-refractivity contribution is 0.396. The summed E-state index contributed by atoms with van der Waals surface area (Å²) in [7, 11) is 1.59. The summed E-state index contributed by atoms with van der Waals surface area (Å²) in [5.74, 6) is 2.45. The van der Waals surface area contributed by atoms with Gasteiger partial charge in [0, 0.05) is 18.0 Å². The fourth-order valence-electron chi connectivity index (χ4n) is 1.97. The first kappa shape index (κ1) is 14.6. The van der Waals surface area contributed by atoms with Gasteiger partial charge in [-0.15, -0.1) is 11.6 Å². The van der Waals surface area contributed by atoms with Crippen LogP contribution in [0, 0.1) is 6.92 Å². The molecule has 0 aliphatic heterocycles. The zero-order valence-corrected chi connectivity index (χ0v) is 12.4. The molecule has 0 bridgehead atoms. The minimum Gasteiger partial charge on any atom is -0.481 e. The molecule has 1 N–H and O–H groups in total. The third kappa shape index (κ3) is 4.10. The van der Waals surface area contributed by atoms with Gasteiger partial charge in [0.25, 0.3) is 0 Å². The number of anilines is 1. The van der Waals surface area contributed by atoms with Crippen molar-refractivity contribution in [1.29, 1.82) is 0 Å². The van der Waals surface area contributed by atoms with Gasteiger partial charge >= 0.3 is 0 Å². The fourth-order valence-corrected chi connectivity index (χ4v) is 2.16. The number of aryl methyl sites for hydroxylation is 1. The average molecular weight is 292 g/mol. The Morgan fingerprint density at radius 3 is 2.65 bits per heavy atom. The Kier molecular flexibility index (Phi) is 5.18. The van der Waals surface area contributed by atoms with Gasteiger partial charge in [-0.3, -0.25) is 0 Å². The molecule has 1 atom stereocenters. The molecule has 0 aliphatic rings. The zero-order chi connectivity index (χ0) is 14.4. The topological polar surface area (TPSA) is 47.0 Å². The molecule has 0 aliphatic carbocycles. The summed E-state index contributed by atoms with van der Waals surface area (Å²) in [6, 6.07) is 12.1. The Labute approximate surface area is 124 Å². The smallest absolute Gasteiger partial charge is 0.218 e. The van der Waals surface area contributed by atoms with E-state index in [0.29, 0.717) is 17.6 Å². The zero-order valence-electron chi connectivity index (χ0n) is 11.6. The van der Waals surface area contributed by atoms with Gasteiger partial charge in [0.2, 0.25) is 5.88 Å². The highest BCUT2D eigenvalue weighted by Gasteiger charge is 2.10. The van der Waals surface area contributed by atoms with E-state index in [-0.39, 0.29) is 6.04 Å². The van der Waals surface area contributed by atoms with Crippen LogP contribution in [0.2, 0.25) is 0 Å². The molecule has 106 valence electrons. The van der Waals surface area contributed by atoms with Crippen LogP contribution in [0.1, 0.15) is 11.4 Å². The third-order valence-corrected chi connectivity index (χ3v) is 3.26. The monoisotopic (exact) mass is 291 g/mol. The Hall–Kier alpha value is -1.81. The quantitative estimate of drug-likeness (QED) is 0.831. The summed E-state index contributed by atoms with van der Waals surface area (Å²) in [4.78, 5) is 8.51. The summed E-state index contributed by atoms with van der Waals surface area (Å²) < 4.78 is 5.15. The van der Waals surface area contributed by atoms with E-state index in [2.05, 4.69) is 27.4 Å². The predicted molar refractivity (Wildman–Crippen MR) is 81.6 cm³/mol. The second kappa shape index (κ2) is 7.10. The van der Waals surface area contributed by atoms with E-state index in [1.807, 2.05) is 25.1 Å². The summed E-state index contributed by atoms with van der Waals surface area (Å²) in [5.41, 5.74) is 1.24. The lowest BCUT2D eigenvalue weighted by atomic mass is 10.1. The summed E-state index contributed by atoms with van der Waals surface area (Å²) in [6.07, 6.45) is 0.843. The molecule has 0 spiro atoms. The molecule has 2 aromatic rings. The highest BCUT2D eigenvalue weighted by Crippen LogP contribution is 2.15. The molecule has 0 radical (unpaired) electrons. The van der Waals surface area contributed by atoms with Gasteiger partial charge in [0.05, 0.1) is 7.11 Å². The molecule has 0 saturated carbocycles. The summed E-state index contributed by atoms with van der Waals surface area (Å²) in [6.45, 7) is 1.83. The van der Waals surface area contributed by atoms with Crippen LogP contribution in [0.5, 0.6) is 5.88 Å². The number of alkyl halides is 1. The molecule has 0 fully saturated rings. The minimum atomic E-state index is 0.109. The Bertz CT molecular complexity index is 548. The van der Waals surface area contributed by atoms with Crippen molar-refractivity contribution in [3.8, 4) is 5.88 Å². The van der Waals surface area contributed by atoms with E-state index in [4.69, 9.17) is 16.3 Å². The molecule has 1 aromatic carbocycles.